The summed E-state index contributed by atoms with van der Waals surface area (Å²) in [5.41, 5.74) is 1.74. The molecule has 0 radical (unpaired) electrons. The number of nitrogens with one attached hydrogen (secondary N) is 1. The van der Waals surface area contributed by atoms with Gasteiger partial charge in [-0.3, -0.25) is 0 Å². The highest BCUT2D eigenvalue weighted by Crippen LogP contribution is 2.26. The number of benzene rings is 2. The predicted molar refractivity (Wildman–Crippen MR) is 70.2 cm³/mol. The molecule has 0 unspecified atom stereocenters. The summed E-state index contributed by atoms with van der Waals surface area (Å²) in [7, 11) is 0. The van der Waals surface area contributed by atoms with Gasteiger partial charge in [-0.2, -0.15) is 0 Å². The Bertz CT molecular complexity index is 511. The van der Waals surface area contributed by atoms with Crippen molar-refractivity contribution in [2.45, 2.75) is 6.54 Å². The van der Waals surface area contributed by atoms with Crippen molar-refractivity contribution in [3.63, 3.8) is 0 Å². The van der Waals surface area contributed by atoms with E-state index in [2.05, 4.69) is 5.32 Å². The third-order valence-electron chi connectivity index (χ3n) is 2.36. The third-order valence-corrected chi connectivity index (χ3v) is 3.22. The van der Waals surface area contributed by atoms with Crippen LogP contribution in [0, 0.1) is 5.82 Å². The van der Waals surface area contributed by atoms with Gasteiger partial charge in [-0.1, -0.05) is 35.3 Å². The van der Waals surface area contributed by atoms with Crippen molar-refractivity contribution in [1.82, 2.24) is 0 Å². The van der Waals surface area contributed by atoms with Crippen molar-refractivity contribution in [2.75, 3.05) is 5.32 Å². The molecule has 0 atom stereocenters. The van der Waals surface area contributed by atoms with E-state index in [0.717, 1.165) is 11.3 Å². The third kappa shape index (κ3) is 3.11. The van der Waals surface area contributed by atoms with Gasteiger partial charge >= 0.3 is 0 Å². The van der Waals surface area contributed by atoms with Gasteiger partial charge in [0, 0.05) is 12.2 Å². The molecule has 0 heterocycles. The standard InChI is InChI=1S/C13H10Cl2FN/c14-12-3-1-2-9(13(12)15)8-17-11-6-4-10(16)5-7-11/h1-7,17H,8H2. The Morgan fingerprint density at radius 1 is 1.00 bits per heavy atom. The number of hydrogen-bond acceptors (Lipinski definition) is 1. The molecule has 88 valence electrons. The lowest BCUT2D eigenvalue weighted by molar-refractivity contribution is 0.628. The van der Waals surface area contributed by atoms with E-state index in [0.29, 0.717) is 16.6 Å². The largest absolute Gasteiger partial charge is 0.381 e. The predicted octanol–water partition coefficient (Wildman–Crippen LogP) is 4.74. The lowest BCUT2D eigenvalue weighted by Crippen LogP contribution is -2.00. The summed E-state index contributed by atoms with van der Waals surface area (Å²) in [4.78, 5) is 0. The topological polar surface area (TPSA) is 12.0 Å². The van der Waals surface area contributed by atoms with E-state index < -0.39 is 0 Å². The quantitative estimate of drug-likeness (QED) is 0.849. The van der Waals surface area contributed by atoms with Crippen LogP contribution in [0.15, 0.2) is 42.5 Å². The second-order valence-corrected chi connectivity index (χ2v) is 4.36. The van der Waals surface area contributed by atoms with Crippen LogP contribution in [0.1, 0.15) is 5.56 Å². The van der Waals surface area contributed by atoms with Crippen LogP contribution in [-0.4, -0.2) is 0 Å². The summed E-state index contributed by atoms with van der Waals surface area (Å²) in [6, 6.07) is 11.6. The molecule has 2 aromatic carbocycles. The van der Waals surface area contributed by atoms with Crippen molar-refractivity contribution in [2.24, 2.45) is 0 Å². The first-order valence-corrected chi connectivity index (χ1v) is 5.85. The highest BCUT2D eigenvalue weighted by atomic mass is 35.5. The summed E-state index contributed by atoms with van der Waals surface area (Å²) in [6.45, 7) is 0.547. The second kappa shape index (κ2) is 5.39. The van der Waals surface area contributed by atoms with E-state index in [1.54, 1.807) is 18.2 Å². The zero-order chi connectivity index (χ0) is 12.3. The summed E-state index contributed by atoms with van der Waals surface area (Å²) < 4.78 is 12.7. The number of hydrogen-bond donors (Lipinski definition) is 1. The molecule has 0 saturated heterocycles. The van der Waals surface area contributed by atoms with Gasteiger partial charge in [0.2, 0.25) is 0 Å². The van der Waals surface area contributed by atoms with Gasteiger partial charge < -0.3 is 5.32 Å². The summed E-state index contributed by atoms with van der Waals surface area (Å²) in [6.07, 6.45) is 0. The molecular formula is C13H10Cl2FN. The van der Waals surface area contributed by atoms with Crippen LogP contribution in [0.5, 0.6) is 0 Å². The molecule has 0 spiro atoms. The molecule has 0 fully saturated rings. The molecule has 0 aliphatic carbocycles. The van der Waals surface area contributed by atoms with E-state index in [1.807, 2.05) is 12.1 Å². The lowest BCUT2D eigenvalue weighted by Gasteiger charge is -2.08. The molecule has 0 amide bonds. The maximum atomic E-state index is 12.7. The highest BCUT2D eigenvalue weighted by molar-refractivity contribution is 6.42. The van der Waals surface area contributed by atoms with Crippen LogP contribution in [-0.2, 0) is 6.54 Å². The van der Waals surface area contributed by atoms with Gasteiger partial charge in [-0.05, 0) is 35.9 Å². The van der Waals surface area contributed by atoms with E-state index in [9.17, 15) is 4.39 Å². The maximum absolute atomic E-state index is 12.7. The average Bonchev–Trinajstić information content (AvgIpc) is 2.33. The van der Waals surface area contributed by atoms with Crippen LogP contribution < -0.4 is 5.32 Å². The lowest BCUT2D eigenvalue weighted by atomic mass is 10.2. The smallest absolute Gasteiger partial charge is 0.123 e. The van der Waals surface area contributed by atoms with Crippen molar-refractivity contribution in [1.29, 1.82) is 0 Å². The van der Waals surface area contributed by atoms with Crippen molar-refractivity contribution < 1.29 is 4.39 Å². The zero-order valence-corrected chi connectivity index (χ0v) is 10.4. The normalized spacial score (nSPS) is 10.3. The summed E-state index contributed by atoms with van der Waals surface area (Å²) in [5, 5.41) is 4.22. The average molecular weight is 270 g/mol. The zero-order valence-electron chi connectivity index (χ0n) is 8.88. The van der Waals surface area contributed by atoms with Crippen LogP contribution in [0.3, 0.4) is 0 Å². The highest BCUT2D eigenvalue weighted by Gasteiger charge is 2.03. The van der Waals surface area contributed by atoms with Crippen LogP contribution in [0.4, 0.5) is 10.1 Å². The molecule has 0 saturated carbocycles. The molecule has 0 aliphatic heterocycles. The van der Waals surface area contributed by atoms with Gasteiger partial charge in [0.25, 0.3) is 0 Å². The van der Waals surface area contributed by atoms with Gasteiger partial charge in [0.15, 0.2) is 0 Å². The number of rotatable bonds is 3. The molecule has 0 bridgehead atoms. The second-order valence-electron chi connectivity index (χ2n) is 3.57. The van der Waals surface area contributed by atoms with Gasteiger partial charge in [0.05, 0.1) is 10.0 Å². The van der Waals surface area contributed by atoms with Gasteiger partial charge in [-0.25, -0.2) is 4.39 Å². The molecule has 17 heavy (non-hydrogen) atoms. The van der Waals surface area contributed by atoms with Crippen LogP contribution in [0.2, 0.25) is 10.0 Å². The van der Waals surface area contributed by atoms with Gasteiger partial charge in [0.1, 0.15) is 5.82 Å². The minimum absolute atomic E-state index is 0.253. The Labute approximate surface area is 109 Å². The number of halogens is 3. The SMILES string of the molecule is Fc1ccc(NCc2cccc(Cl)c2Cl)cc1. The Morgan fingerprint density at radius 2 is 1.71 bits per heavy atom. The molecule has 4 heteroatoms. The molecular weight excluding hydrogens is 260 g/mol. The minimum Gasteiger partial charge on any atom is -0.381 e. The first kappa shape index (κ1) is 12.2. The Balaban J connectivity index is 2.07. The van der Waals surface area contributed by atoms with E-state index in [4.69, 9.17) is 23.2 Å². The van der Waals surface area contributed by atoms with Crippen molar-refractivity contribution in [3.8, 4) is 0 Å². The fraction of sp³-hybridized carbons (Fsp3) is 0.0769. The first-order chi connectivity index (χ1) is 8.16. The van der Waals surface area contributed by atoms with Gasteiger partial charge in [-0.15, -0.1) is 0 Å². The molecule has 2 rings (SSSR count). The first-order valence-electron chi connectivity index (χ1n) is 5.09. The molecule has 1 N–H and O–H groups in total. The van der Waals surface area contributed by atoms with Crippen molar-refractivity contribution >= 4 is 28.9 Å². The van der Waals surface area contributed by atoms with E-state index in [1.165, 1.54) is 12.1 Å². The monoisotopic (exact) mass is 269 g/mol. The fourth-order valence-corrected chi connectivity index (χ4v) is 1.84. The minimum atomic E-state index is -0.253. The Morgan fingerprint density at radius 3 is 2.41 bits per heavy atom. The summed E-state index contributed by atoms with van der Waals surface area (Å²) in [5.74, 6) is -0.253. The number of anilines is 1. The summed E-state index contributed by atoms with van der Waals surface area (Å²) >= 11 is 12.0. The maximum Gasteiger partial charge on any atom is 0.123 e. The Hall–Kier alpha value is -1.25. The molecule has 1 nitrogen and oxygen atoms in total. The Kier molecular flexibility index (Phi) is 3.87. The van der Waals surface area contributed by atoms with Crippen LogP contribution >= 0.6 is 23.2 Å². The fourth-order valence-electron chi connectivity index (χ4n) is 1.45. The molecule has 2 aromatic rings. The van der Waals surface area contributed by atoms with Crippen molar-refractivity contribution in [3.05, 3.63) is 63.9 Å². The molecule has 0 aliphatic rings. The molecule has 0 aromatic heterocycles. The van der Waals surface area contributed by atoms with E-state index >= 15 is 0 Å². The van der Waals surface area contributed by atoms with Crippen LogP contribution in [0.25, 0.3) is 0 Å². The van der Waals surface area contributed by atoms with E-state index in [-0.39, 0.29) is 5.82 Å².